The van der Waals surface area contributed by atoms with Crippen molar-refractivity contribution < 1.29 is 19.0 Å². The van der Waals surface area contributed by atoms with Gasteiger partial charge in [0.1, 0.15) is 36.0 Å². The predicted octanol–water partition coefficient (Wildman–Crippen LogP) is 5.42. The minimum atomic E-state index is -0.527. The van der Waals surface area contributed by atoms with E-state index in [9.17, 15) is 4.79 Å². The van der Waals surface area contributed by atoms with Crippen molar-refractivity contribution in [1.29, 1.82) is 0 Å². The van der Waals surface area contributed by atoms with Gasteiger partial charge in [-0.05, 0) is 38.1 Å². The molecule has 0 saturated carbocycles. The number of nitrogens with zero attached hydrogens (tertiary/aromatic N) is 6. The van der Waals surface area contributed by atoms with Crippen LogP contribution in [0.3, 0.4) is 0 Å². The first-order valence-corrected chi connectivity index (χ1v) is 18.3. The zero-order valence-electron chi connectivity index (χ0n) is 31.3. The van der Waals surface area contributed by atoms with Crippen LogP contribution in [-0.2, 0) is 40.3 Å². The number of nitrogens with two attached hydrogens (primary N) is 2. The number of fused-ring (bicyclic) bond motifs is 6. The number of hydrogen-bond acceptors (Lipinski definition) is 11. The first kappa shape index (κ1) is 37.4. The summed E-state index contributed by atoms with van der Waals surface area (Å²) < 4.78 is 21.9. The number of benzene rings is 3. The van der Waals surface area contributed by atoms with Crippen LogP contribution in [0.2, 0.25) is 0 Å². The van der Waals surface area contributed by atoms with Gasteiger partial charge in [0.2, 0.25) is 0 Å². The number of nitrogen functional groups attached to an aromatic ring is 1. The Morgan fingerprint density at radius 3 is 2.18 bits per heavy atom. The topological polar surface area (TPSA) is 194 Å². The van der Waals surface area contributed by atoms with E-state index in [0.717, 1.165) is 49.9 Å². The zero-order valence-corrected chi connectivity index (χ0v) is 31.3. The number of pyridine rings is 2. The standard InChI is InChI=1S/C40H47N11O4/c1-40(2,42)24-51-32(49-33-35(51)27-13-7-9-15-29(27)46-37(33)41)23-55-25-44-38-34-36(28-14-8-10-16-30(28)47-38)50(31(48-34)17-20-53-3)19-22-54-21-18-43-39(52)45-26-11-5-4-6-12-26/h4-16H,17-25,42H2,1-3H3,(H2,41,46)(H,44,47)(H2,43,45,52). The molecule has 0 bridgehead atoms. The Labute approximate surface area is 318 Å². The fourth-order valence-corrected chi connectivity index (χ4v) is 6.68. The maximum atomic E-state index is 12.3. The van der Waals surface area contributed by atoms with E-state index in [1.807, 2.05) is 92.7 Å². The van der Waals surface area contributed by atoms with E-state index in [2.05, 4.69) is 30.1 Å². The van der Waals surface area contributed by atoms with Crippen molar-refractivity contribution in [1.82, 2.24) is 34.4 Å². The highest BCUT2D eigenvalue weighted by Gasteiger charge is 2.23. The first-order valence-electron chi connectivity index (χ1n) is 18.3. The van der Waals surface area contributed by atoms with Crippen LogP contribution in [0, 0.1) is 0 Å². The second-order valence-electron chi connectivity index (χ2n) is 13.9. The molecule has 0 unspecified atom stereocenters. The third-order valence-electron chi connectivity index (χ3n) is 9.04. The number of carbonyl (C=O) groups is 1. The summed E-state index contributed by atoms with van der Waals surface area (Å²) in [5.41, 5.74) is 17.9. The van der Waals surface area contributed by atoms with Crippen molar-refractivity contribution in [2.24, 2.45) is 5.73 Å². The van der Waals surface area contributed by atoms with Crippen molar-refractivity contribution in [2.75, 3.05) is 56.6 Å². The fraction of sp³-hybridized carbons (Fsp3) is 0.325. The van der Waals surface area contributed by atoms with Gasteiger partial charge in [-0.25, -0.2) is 24.7 Å². The number of aromatic nitrogens is 6. The lowest BCUT2D eigenvalue weighted by Crippen LogP contribution is -2.37. The van der Waals surface area contributed by atoms with Crippen LogP contribution in [0.4, 0.5) is 22.1 Å². The van der Waals surface area contributed by atoms with Gasteiger partial charge in [-0.3, -0.25) is 0 Å². The molecule has 0 aliphatic rings. The summed E-state index contributed by atoms with van der Waals surface area (Å²) >= 11 is 0. The number of imidazole rings is 2. The van der Waals surface area contributed by atoms with Crippen LogP contribution in [0.25, 0.3) is 43.9 Å². The van der Waals surface area contributed by atoms with Crippen LogP contribution < -0.4 is 27.4 Å². The number of methoxy groups -OCH3 is 1. The molecule has 15 nitrogen and oxygen atoms in total. The molecular formula is C40H47N11O4. The maximum Gasteiger partial charge on any atom is 0.319 e. The first-order chi connectivity index (χ1) is 26.7. The molecule has 0 saturated heterocycles. The van der Waals surface area contributed by atoms with Crippen LogP contribution in [-0.4, -0.2) is 80.8 Å². The summed E-state index contributed by atoms with van der Waals surface area (Å²) in [6, 6.07) is 24.9. The van der Waals surface area contributed by atoms with Crippen molar-refractivity contribution in [2.45, 2.75) is 45.5 Å². The highest BCUT2D eigenvalue weighted by atomic mass is 16.5. The molecule has 4 aromatic heterocycles. The van der Waals surface area contributed by atoms with E-state index in [0.29, 0.717) is 68.9 Å². The average Bonchev–Trinajstić information content (AvgIpc) is 3.72. The van der Waals surface area contributed by atoms with E-state index >= 15 is 0 Å². The molecule has 0 atom stereocenters. The van der Waals surface area contributed by atoms with Gasteiger partial charge in [0.05, 0.1) is 41.9 Å². The van der Waals surface area contributed by atoms with Crippen molar-refractivity contribution in [3.8, 4) is 0 Å². The number of rotatable bonds is 17. The molecular weight excluding hydrogens is 699 g/mol. The van der Waals surface area contributed by atoms with Crippen LogP contribution >= 0.6 is 0 Å². The smallest absolute Gasteiger partial charge is 0.319 e. The molecule has 3 aromatic carbocycles. The van der Waals surface area contributed by atoms with Crippen molar-refractivity contribution in [3.63, 3.8) is 0 Å². The van der Waals surface area contributed by atoms with Crippen LogP contribution in [0.15, 0.2) is 78.9 Å². The largest absolute Gasteiger partial charge is 0.384 e. The SMILES string of the molecule is COCCc1nc2c(NCOCc3nc4c(N)nc5ccccc5c4n3CC(C)(C)N)nc3ccccc3c2n1CCOCCNC(=O)Nc1ccccc1. The van der Waals surface area contributed by atoms with E-state index in [1.165, 1.54) is 0 Å². The second-order valence-corrected chi connectivity index (χ2v) is 13.9. The van der Waals surface area contributed by atoms with Gasteiger partial charge >= 0.3 is 6.03 Å². The van der Waals surface area contributed by atoms with E-state index in [1.54, 1.807) is 7.11 Å². The van der Waals surface area contributed by atoms with Gasteiger partial charge in [0.15, 0.2) is 11.6 Å². The van der Waals surface area contributed by atoms with Gasteiger partial charge in [0, 0.05) is 55.2 Å². The minimum Gasteiger partial charge on any atom is -0.384 e. The molecule has 0 radical (unpaired) electrons. The average molecular weight is 746 g/mol. The summed E-state index contributed by atoms with van der Waals surface area (Å²) in [6.45, 7) is 6.94. The Morgan fingerprint density at radius 1 is 0.782 bits per heavy atom. The predicted molar refractivity (Wildman–Crippen MR) is 216 cm³/mol. The lowest BCUT2D eigenvalue weighted by molar-refractivity contribution is 0.128. The third-order valence-corrected chi connectivity index (χ3v) is 9.04. The molecule has 7 aromatic rings. The summed E-state index contributed by atoms with van der Waals surface area (Å²) in [6.07, 6.45) is 0.594. The van der Waals surface area contributed by atoms with Crippen molar-refractivity contribution in [3.05, 3.63) is 90.5 Å². The van der Waals surface area contributed by atoms with Crippen LogP contribution in [0.1, 0.15) is 25.5 Å². The quantitative estimate of drug-likeness (QED) is 0.0591. The number of amides is 2. The highest BCUT2D eigenvalue weighted by Crippen LogP contribution is 2.32. The lowest BCUT2D eigenvalue weighted by atomic mass is 10.1. The molecule has 7 rings (SSSR count). The summed E-state index contributed by atoms with van der Waals surface area (Å²) in [7, 11) is 1.68. The van der Waals surface area contributed by atoms with Gasteiger partial charge in [-0.1, -0.05) is 54.6 Å². The van der Waals surface area contributed by atoms with Crippen LogP contribution in [0.5, 0.6) is 0 Å². The fourth-order valence-electron chi connectivity index (χ4n) is 6.68. The number of hydrogen-bond donors (Lipinski definition) is 5. The molecule has 0 spiro atoms. The number of ether oxygens (including phenoxy) is 3. The highest BCUT2D eigenvalue weighted by molar-refractivity contribution is 6.07. The summed E-state index contributed by atoms with van der Waals surface area (Å²) in [5, 5.41) is 10.9. The third kappa shape index (κ3) is 8.60. The molecule has 7 N–H and O–H groups in total. The second kappa shape index (κ2) is 16.7. The number of para-hydroxylation sites is 3. The molecule has 286 valence electrons. The molecule has 4 heterocycles. The normalized spacial score (nSPS) is 11.9. The Balaban J connectivity index is 1.08. The Kier molecular flexibility index (Phi) is 11.3. The molecule has 0 fully saturated rings. The van der Waals surface area contributed by atoms with Gasteiger partial charge < -0.3 is 50.8 Å². The molecule has 15 heteroatoms. The minimum absolute atomic E-state index is 0.137. The molecule has 0 aliphatic heterocycles. The summed E-state index contributed by atoms with van der Waals surface area (Å²) in [5.74, 6) is 2.49. The number of nitrogens with one attached hydrogen (secondary N) is 3. The van der Waals surface area contributed by atoms with Gasteiger partial charge in [0.25, 0.3) is 0 Å². The monoisotopic (exact) mass is 745 g/mol. The Morgan fingerprint density at radius 2 is 1.45 bits per heavy atom. The number of anilines is 3. The van der Waals surface area contributed by atoms with Gasteiger partial charge in [-0.15, -0.1) is 0 Å². The molecule has 55 heavy (non-hydrogen) atoms. The summed E-state index contributed by atoms with van der Waals surface area (Å²) in [4.78, 5) is 31.8. The lowest BCUT2D eigenvalue weighted by Gasteiger charge is -2.22. The Bertz CT molecular complexity index is 2420. The molecule has 2 amide bonds. The number of carbonyl (C=O) groups excluding carboxylic acids is 1. The van der Waals surface area contributed by atoms with E-state index in [4.69, 9.17) is 40.6 Å². The van der Waals surface area contributed by atoms with E-state index < -0.39 is 5.54 Å². The number of urea groups is 1. The zero-order chi connectivity index (χ0) is 38.4. The maximum absolute atomic E-state index is 12.3. The Hall–Kier alpha value is -5.87. The molecule has 0 aliphatic carbocycles. The van der Waals surface area contributed by atoms with E-state index in [-0.39, 0.29) is 19.4 Å². The van der Waals surface area contributed by atoms with Crippen molar-refractivity contribution >= 4 is 67.2 Å². The van der Waals surface area contributed by atoms with Gasteiger partial charge in [-0.2, -0.15) is 0 Å².